The van der Waals surface area contributed by atoms with E-state index in [0.717, 1.165) is 25.2 Å². The Labute approximate surface area is 127 Å². The second kappa shape index (κ2) is 7.85. The van der Waals surface area contributed by atoms with Crippen LogP contribution in [0.2, 0.25) is 0 Å². The molecule has 1 aromatic heterocycles. The summed E-state index contributed by atoms with van der Waals surface area (Å²) in [6, 6.07) is 4.19. The number of hydrogen-bond acceptors (Lipinski definition) is 3. The normalized spacial score (nSPS) is 22.4. The van der Waals surface area contributed by atoms with Crippen molar-refractivity contribution in [2.24, 2.45) is 5.92 Å². The van der Waals surface area contributed by atoms with Crippen molar-refractivity contribution in [1.82, 2.24) is 15.2 Å². The Balaban J connectivity index is 2.05. The number of nitrogens with zero attached hydrogens (tertiary/aromatic N) is 2. The molecule has 1 saturated heterocycles. The summed E-state index contributed by atoms with van der Waals surface area (Å²) in [5.41, 5.74) is 0.948. The van der Waals surface area contributed by atoms with Crippen molar-refractivity contribution in [2.75, 3.05) is 19.6 Å². The maximum absolute atomic E-state index is 13.1. The molecular weight excluding hydrogens is 265 g/mol. The van der Waals surface area contributed by atoms with Crippen molar-refractivity contribution < 1.29 is 4.39 Å². The van der Waals surface area contributed by atoms with Crippen LogP contribution >= 0.6 is 0 Å². The van der Waals surface area contributed by atoms with Crippen LogP contribution in [0.5, 0.6) is 0 Å². The molecule has 0 amide bonds. The van der Waals surface area contributed by atoms with Crippen molar-refractivity contribution in [3.63, 3.8) is 0 Å². The fourth-order valence-corrected chi connectivity index (χ4v) is 3.21. The molecule has 2 heterocycles. The quantitative estimate of drug-likeness (QED) is 0.835. The number of hydrogen-bond donors (Lipinski definition) is 1. The van der Waals surface area contributed by atoms with E-state index in [9.17, 15) is 4.39 Å². The molecule has 4 heteroatoms. The Morgan fingerprint density at radius 3 is 2.86 bits per heavy atom. The Morgan fingerprint density at radius 2 is 2.29 bits per heavy atom. The molecule has 3 atom stereocenters. The number of halogens is 1. The second-order valence-electron chi connectivity index (χ2n) is 6.30. The van der Waals surface area contributed by atoms with Crippen molar-refractivity contribution in [3.8, 4) is 0 Å². The molecule has 118 valence electrons. The Bertz CT molecular complexity index is 421. The fraction of sp³-hybridized carbons (Fsp3) is 0.706. The van der Waals surface area contributed by atoms with Crippen molar-refractivity contribution in [2.45, 2.75) is 52.1 Å². The number of pyridine rings is 1. The summed E-state index contributed by atoms with van der Waals surface area (Å²) in [5.74, 6) is 0.184. The molecule has 1 aliphatic rings. The minimum Gasteiger partial charge on any atom is -0.308 e. The molecule has 0 aliphatic carbocycles. The first kappa shape index (κ1) is 16.4. The molecule has 3 nitrogen and oxygen atoms in total. The molecule has 0 saturated carbocycles. The molecule has 1 N–H and O–H groups in total. The van der Waals surface area contributed by atoms with E-state index in [4.69, 9.17) is 0 Å². The van der Waals surface area contributed by atoms with Crippen molar-refractivity contribution in [3.05, 3.63) is 29.8 Å². The molecule has 2 rings (SSSR count). The van der Waals surface area contributed by atoms with Crippen LogP contribution in [0.15, 0.2) is 18.3 Å². The van der Waals surface area contributed by atoms with Crippen LogP contribution in [0.1, 0.15) is 51.8 Å². The van der Waals surface area contributed by atoms with Gasteiger partial charge in [-0.05, 0) is 57.3 Å². The van der Waals surface area contributed by atoms with Gasteiger partial charge < -0.3 is 10.2 Å². The average molecular weight is 293 g/mol. The lowest BCUT2D eigenvalue weighted by atomic mass is 9.97. The SMILES string of the molecule is CCCNC(c1ccc(F)cn1)C(C)CN1CCCC1C. The minimum atomic E-state index is -0.270. The summed E-state index contributed by atoms with van der Waals surface area (Å²) in [4.78, 5) is 6.85. The maximum atomic E-state index is 13.1. The smallest absolute Gasteiger partial charge is 0.141 e. The summed E-state index contributed by atoms with van der Waals surface area (Å²) < 4.78 is 13.1. The van der Waals surface area contributed by atoms with Gasteiger partial charge >= 0.3 is 0 Å². The van der Waals surface area contributed by atoms with E-state index >= 15 is 0 Å². The summed E-state index contributed by atoms with van der Waals surface area (Å²) >= 11 is 0. The van der Waals surface area contributed by atoms with E-state index in [-0.39, 0.29) is 11.9 Å². The number of nitrogens with one attached hydrogen (secondary N) is 1. The van der Waals surface area contributed by atoms with Gasteiger partial charge in [-0.1, -0.05) is 13.8 Å². The molecule has 21 heavy (non-hydrogen) atoms. The van der Waals surface area contributed by atoms with E-state index < -0.39 is 0 Å². The third kappa shape index (κ3) is 4.48. The monoisotopic (exact) mass is 293 g/mol. The molecule has 3 unspecified atom stereocenters. The van der Waals surface area contributed by atoms with Crippen molar-refractivity contribution in [1.29, 1.82) is 0 Å². The van der Waals surface area contributed by atoms with E-state index in [1.54, 1.807) is 0 Å². The van der Waals surface area contributed by atoms with Gasteiger partial charge in [-0.2, -0.15) is 0 Å². The summed E-state index contributed by atoms with van der Waals surface area (Å²) in [7, 11) is 0. The van der Waals surface area contributed by atoms with Crippen LogP contribution in [0.25, 0.3) is 0 Å². The first-order chi connectivity index (χ1) is 10.1. The van der Waals surface area contributed by atoms with E-state index in [1.165, 1.54) is 31.6 Å². The van der Waals surface area contributed by atoms with Crippen LogP contribution in [0.4, 0.5) is 4.39 Å². The zero-order chi connectivity index (χ0) is 15.2. The average Bonchev–Trinajstić information content (AvgIpc) is 2.86. The number of likely N-dealkylation sites (tertiary alicyclic amines) is 1. The minimum absolute atomic E-state index is 0.193. The molecule has 0 radical (unpaired) electrons. The molecule has 1 aliphatic heterocycles. The lowest BCUT2D eigenvalue weighted by Crippen LogP contribution is -2.38. The molecule has 0 bridgehead atoms. The van der Waals surface area contributed by atoms with Crippen LogP contribution in [-0.2, 0) is 0 Å². The van der Waals surface area contributed by atoms with Gasteiger partial charge in [0.15, 0.2) is 0 Å². The summed E-state index contributed by atoms with van der Waals surface area (Å²) in [6.45, 7) is 9.97. The second-order valence-corrected chi connectivity index (χ2v) is 6.30. The summed E-state index contributed by atoms with van der Waals surface area (Å²) in [5, 5.41) is 3.58. The van der Waals surface area contributed by atoms with E-state index in [2.05, 4.69) is 36.0 Å². The summed E-state index contributed by atoms with van der Waals surface area (Å²) in [6.07, 6.45) is 5.01. The van der Waals surface area contributed by atoms with Gasteiger partial charge in [0.2, 0.25) is 0 Å². The lowest BCUT2D eigenvalue weighted by Gasteiger charge is -2.30. The first-order valence-corrected chi connectivity index (χ1v) is 8.20. The number of aromatic nitrogens is 1. The molecule has 1 fully saturated rings. The largest absolute Gasteiger partial charge is 0.308 e. The van der Waals surface area contributed by atoms with Gasteiger partial charge in [0.25, 0.3) is 0 Å². The first-order valence-electron chi connectivity index (χ1n) is 8.20. The highest BCUT2D eigenvalue weighted by Gasteiger charge is 2.26. The fourth-order valence-electron chi connectivity index (χ4n) is 3.21. The highest BCUT2D eigenvalue weighted by molar-refractivity contribution is 5.11. The van der Waals surface area contributed by atoms with Crippen LogP contribution in [-0.4, -0.2) is 35.6 Å². The highest BCUT2D eigenvalue weighted by Crippen LogP contribution is 2.25. The predicted molar refractivity (Wildman–Crippen MR) is 84.7 cm³/mol. The standard InChI is InChI=1S/C17H28FN3/c1-4-9-19-17(16-8-7-15(18)11-20-16)13(2)12-21-10-5-6-14(21)3/h7-8,11,13-14,17,19H,4-6,9-10,12H2,1-3H3. The van der Waals surface area contributed by atoms with Gasteiger partial charge in [-0.25, -0.2) is 4.39 Å². The topological polar surface area (TPSA) is 28.2 Å². The van der Waals surface area contributed by atoms with Crippen molar-refractivity contribution >= 4 is 0 Å². The van der Waals surface area contributed by atoms with E-state index in [0.29, 0.717) is 12.0 Å². The Hall–Kier alpha value is -1.00. The zero-order valence-electron chi connectivity index (χ0n) is 13.5. The number of rotatable bonds is 7. The molecule has 0 aromatic carbocycles. The molecule has 1 aromatic rings. The highest BCUT2D eigenvalue weighted by atomic mass is 19.1. The Kier molecular flexibility index (Phi) is 6.12. The van der Waals surface area contributed by atoms with Gasteiger partial charge in [0.1, 0.15) is 5.82 Å². The maximum Gasteiger partial charge on any atom is 0.141 e. The van der Waals surface area contributed by atoms with Gasteiger partial charge in [0, 0.05) is 12.6 Å². The lowest BCUT2D eigenvalue weighted by molar-refractivity contribution is 0.204. The third-order valence-corrected chi connectivity index (χ3v) is 4.47. The van der Waals surface area contributed by atoms with Gasteiger partial charge in [-0.3, -0.25) is 4.98 Å². The molecule has 0 spiro atoms. The van der Waals surface area contributed by atoms with Crippen LogP contribution in [0.3, 0.4) is 0 Å². The zero-order valence-corrected chi connectivity index (χ0v) is 13.5. The van der Waals surface area contributed by atoms with Gasteiger partial charge in [-0.15, -0.1) is 0 Å². The van der Waals surface area contributed by atoms with Crippen LogP contribution in [0, 0.1) is 11.7 Å². The van der Waals surface area contributed by atoms with E-state index in [1.807, 2.05) is 6.07 Å². The van der Waals surface area contributed by atoms with Gasteiger partial charge in [0.05, 0.1) is 17.9 Å². The Morgan fingerprint density at radius 1 is 1.48 bits per heavy atom. The van der Waals surface area contributed by atoms with Crippen LogP contribution < -0.4 is 5.32 Å². The third-order valence-electron chi connectivity index (χ3n) is 4.47. The molecular formula is C17H28FN3. The predicted octanol–water partition coefficient (Wildman–Crippen LogP) is 3.38.